The fourth-order valence-corrected chi connectivity index (χ4v) is 4.83. The third-order valence-electron chi connectivity index (χ3n) is 5.05. The van der Waals surface area contributed by atoms with Gasteiger partial charge in [-0.25, -0.2) is 8.42 Å². The van der Waals surface area contributed by atoms with Crippen LogP contribution in [0.2, 0.25) is 0 Å². The average Bonchev–Trinajstić information content (AvgIpc) is 2.79. The Morgan fingerprint density at radius 2 is 2.14 bits per heavy atom. The van der Waals surface area contributed by atoms with Gasteiger partial charge in [0.05, 0.1) is 18.6 Å². The minimum Gasteiger partial charge on any atom is -0.618 e. The lowest BCUT2D eigenvalue weighted by Gasteiger charge is -2.27. The summed E-state index contributed by atoms with van der Waals surface area (Å²) in [5.41, 5.74) is 5.16. The van der Waals surface area contributed by atoms with E-state index in [1.807, 2.05) is 0 Å². The number of nitrogens with one attached hydrogen (secondary N) is 1. The molecule has 0 aromatic carbocycles. The number of hydrogen-bond donors (Lipinski definition) is 3. The second-order valence-electron chi connectivity index (χ2n) is 7.29. The number of aromatic nitrogens is 1. The number of rotatable bonds is 7. The van der Waals surface area contributed by atoms with E-state index >= 15 is 0 Å². The van der Waals surface area contributed by atoms with Gasteiger partial charge in [0.2, 0.25) is 11.8 Å². The molecule has 11 heteroatoms. The minimum atomic E-state index is -4.13. The molecule has 29 heavy (non-hydrogen) atoms. The lowest BCUT2D eigenvalue weighted by Crippen LogP contribution is -2.49. The molecule has 1 fully saturated rings. The molecule has 1 aliphatic heterocycles. The van der Waals surface area contributed by atoms with Crippen LogP contribution in [0.1, 0.15) is 33.1 Å². The smallest absolute Gasteiger partial charge is 0.323 e. The molecular formula is C18H27N4O6S. The van der Waals surface area contributed by atoms with Crippen LogP contribution in [0.25, 0.3) is 0 Å². The molecule has 10 nitrogen and oxygen atoms in total. The Morgan fingerprint density at radius 1 is 1.45 bits per heavy atom. The van der Waals surface area contributed by atoms with E-state index in [2.05, 4.69) is 5.32 Å². The average molecular weight is 428 g/mol. The molecular weight excluding hydrogens is 400 g/mol. The second kappa shape index (κ2) is 9.51. The Kier molecular flexibility index (Phi) is 7.55. The molecule has 161 valence electrons. The SMILES string of the molecule is C[C@@H]1CC[C@H](NC(=O)[CH]C[C@H](C)C(N)=O)[C@@H](O)CN1S(=O)(=O)c1cccc[n+]1[O-]. The van der Waals surface area contributed by atoms with Gasteiger partial charge in [0.1, 0.15) is 0 Å². The Bertz CT molecular complexity index is 847. The molecule has 1 aromatic rings. The summed E-state index contributed by atoms with van der Waals surface area (Å²) < 4.78 is 27.2. The van der Waals surface area contributed by atoms with Gasteiger partial charge in [-0.15, -0.1) is 0 Å². The first-order valence-electron chi connectivity index (χ1n) is 9.35. The van der Waals surface area contributed by atoms with Crippen LogP contribution >= 0.6 is 0 Å². The van der Waals surface area contributed by atoms with E-state index in [0.717, 1.165) is 10.5 Å². The molecule has 0 aliphatic carbocycles. The second-order valence-corrected chi connectivity index (χ2v) is 9.13. The van der Waals surface area contributed by atoms with Crippen LogP contribution in [-0.4, -0.2) is 54.4 Å². The van der Waals surface area contributed by atoms with Gasteiger partial charge in [-0.2, -0.15) is 9.04 Å². The zero-order valence-electron chi connectivity index (χ0n) is 16.4. The maximum atomic E-state index is 12.9. The Morgan fingerprint density at radius 3 is 2.76 bits per heavy atom. The highest BCUT2D eigenvalue weighted by Crippen LogP contribution is 2.24. The van der Waals surface area contributed by atoms with Crippen LogP contribution in [0.4, 0.5) is 0 Å². The summed E-state index contributed by atoms with van der Waals surface area (Å²) in [6.45, 7) is 3.02. The monoisotopic (exact) mass is 427 g/mol. The zero-order valence-corrected chi connectivity index (χ0v) is 17.2. The van der Waals surface area contributed by atoms with Gasteiger partial charge in [-0.05, 0) is 32.3 Å². The van der Waals surface area contributed by atoms with E-state index in [-0.39, 0.29) is 17.7 Å². The quantitative estimate of drug-likeness (QED) is 0.376. The number of primary amides is 1. The summed E-state index contributed by atoms with van der Waals surface area (Å²) in [4.78, 5) is 23.2. The van der Waals surface area contributed by atoms with Crippen molar-refractivity contribution in [1.82, 2.24) is 9.62 Å². The largest absolute Gasteiger partial charge is 0.618 e. The number of sulfonamides is 1. The van der Waals surface area contributed by atoms with E-state index in [4.69, 9.17) is 5.73 Å². The van der Waals surface area contributed by atoms with Crippen molar-refractivity contribution in [3.63, 3.8) is 0 Å². The number of aliphatic hydroxyl groups excluding tert-OH is 1. The van der Waals surface area contributed by atoms with Crippen molar-refractivity contribution >= 4 is 21.8 Å². The number of aliphatic hydroxyl groups is 1. The molecule has 1 aromatic heterocycles. The van der Waals surface area contributed by atoms with Crippen molar-refractivity contribution in [2.24, 2.45) is 11.7 Å². The molecule has 4 atom stereocenters. The molecule has 0 unspecified atom stereocenters. The summed E-state index contributed by atoms with van der Waals surface area (Å²) in [6, 6.07) is 2.94. The van der Waals surface area contributed by atoms with Gasteiger partial charge >= 0.3 is 15.0 Å². The highest BCUT2D eigenvalue weighted by molar-refractivity contribution is 7.89. The van der Waals surface area contributed by atoms with Crippen molar-refractivity contribution in [3.05, 3.63) is 36.0 Å². The zero-order chi connectivity index (χ0) is 21.8. The van der Waals surface area contributed by atoms with Crippen LogP contribution in [0.15, 0.2) is 29.4 Å². The van der Waals surface area contributed by atoms with Gasteiger partial charge in [0.25, 0.3) is 0 Å². The van der Waals surface area contributed by atoms with Crippen LogP contribution < -0.4 is 15.8 Å². The van der Waals surface area contributed by atoms with E-state index in [1.54, 1.807) is 13.8 Å². The van der Waals surface area contributed by atoms with Crippen LogP contribution in [0.3, 0.4) is 0 Å². The minimum absolute atomic E-state index is 0.165. The summed E-state index contributed by atoms with van der Waals surface area (Å²) >= 11 is 0. The molecule has 1 saturated heterocycles. The third-order valence-corrected chi connectivity index (χ3v) is 7.02. The van der Waals surface area contributed by atoms with Gasteiger partial charge in [0.15, 0.2) is 6.20 Å². The first kappa shape index (κ1) is 23.0. The van der Waals surface area contributed by atoms with Crippen molar-refractivity contribution in [3.8, 4) is 0 Å². The lowest BCUT2D eigenvalue weighted by atomic mass is 10.0. The summed E-state index contributed by atoms with van der Waals surface area (Å²) in [6.07, 6.45) is 2.12. The van der Waals surface area contributed by atoms with E-state index in [9.17, 15) is 28.3 Å². The molecule has 1 aliphatic rings. The number of nitrogens with zero attached hydrogens (tertiary/aromatic N) is 2. The highest BCUT2D eigenvalue weighted by atomic mass is 32.2. The third kappa shape index (κ3) is 5.64. The normalized spacial score (nSPS) is 24.4. The molecule has 0 spiro atoms. The van der Waals surface area contributed by atoms with Gasteiger partial charge in [-0.1, -0.05) is 6.92 Å². The number of carbonyl (C=O) groups excluding carboxylic acids is 2. The summed E-state index contributed by atoms with van der Waals surface area (Å²) in [5, 5.41) is 24.7. The fraction of sp³-hybridized carbons (Fsp3) is 0.556. The highest BCUT2D eigenvalue weighted by Gasteiger charge is 2.40. The maximum absolute atomic E-state index is 12.9. The standard InChI is InChI=1S/C18H27N4O6S/c1-12(18(19)25)6-9-16(24)20-14-8-7-13(2)22(11-15(14)23)29(27,28)17-5-3-4-10-21(17)26/h3-5,9-10,12-15,23H,6-8,11H2,1-2H3,(H2,19,25)(H,20,24)/t12-,13+,14-,15-/m0/s1. The van der Waals surface area contributed by atoms with Crippen molar-refractivity contribution in [2.75, 3.05) is 6.54 Å². The molecule has 2 rings (SSSR count). The molecule has 1 radical (unpaired) electrons. The lowest BCUT2D eigenvalue weighted by molar-refractivity contribution is -0.646. The van der Waals surface area contributed by atoms with Crippen molar-refractivity contribution in [1.29, 1.82) is 0 Å². The van der Waals surface area contributed by atoms with Crippen molar-refractivity contribution < 1.29 is 27.8 Å². The molecule has 2 amide bonds. The number of hydrogen-bond acceptors (Lipinski definition) is 6. The molecule has 2 heterocycles. The fourth-order valence-electron chi connectivity index (χ4n) is 3.13. The summed E-state index contributed by atoms with van der Waals surface area (Å²) in [5.74, 6) is -1.48. The van der Waals surface area contributed by atoms with Crippen molar-refractivity contribution in [2.45, 2.75) is 56.3 Å². The Hall–Kier alpha value is -2.24. The van der Waals surface area contributed by atoms with E-state index in [1.165, 1.54) is 24.6 Å². The van der Waals surface area contributed by atoms with E-state index in [0.29, 0.717) is 12.8 Å². The number of β-amino-alcohol motifs (C(OH)–C–C–N with tert-alkyl or cyclic N) is 1. The maximum Gasteiger partial charge on any atom is 0.323 e. The van der Waals surface area contributed by atoms with Crippen LogP contribution in [-0.2, 0) is 19.6 Å². The van der Waals surface area contributed by atoms with Crippen LogP contribution in [0.5, 0.6) is 0 Å². The van der Waals surface area contributed by atoms with Gasteiger partial charge in [-0.3, -0.25) is 9.59 Å². The Labute approximate surface area is 170 Å². The molecule has 0 bridgehead atoms. The first-order chi connectivity index (χ1) is 13.5. The predicted octanol–water partition coefficient (Wildman–Crippen LogP) is -0.946. The summed E-state index contributed by atoms with van der Waals surface area (Å²) in [7, 11) is -4.13. The van der Waals surface area contributed by atoms with Gasteiger partial charge in [0, 0.05) is 30.6 Å². The van der Waals surface area contributed by atoms with Gasteiger partial charge < -0.3 is 21.4 Å². The molecule has 4 N–H and O–H groups in total. The Balaban J connectivity index is 2.08. The number of pyridine rings is 1. The number of carbonyl (C=O) groups is 2. The first-order valence-corrected chi connectivity index (χ1v) is 10.8. The number of amides is 2. The predicted molar refractivity (Wildman–Crippen MR) is 103 cm³/mol. The van der Waals surface area contributed by atoms with Crippen LogP contribution in [0, 0.1) is 17.5 Å². The van der Waals surface area contributed by atoms with E-state index < -0.39 is 51.0 Å². The molecule has 0 saturated carbocycles. The number of nitrogens with two attached hydrogens (primary N) is 1. The topological polar surface area (TPSA) is 157 Å².